The zero-order chi connectivity index (χ0) is 18.6. The third-order valence-electron chi connectivity index (χ3n) is 4.56. The van der Waals surface area contributed by atoms with Gasteiger partial charge in [-0.3, -0.25) is 4.79 Å². The Morgan fingerprint density at radius 2 is 1.72 bits per heavy atom. The summed E-state index contributed by atoms with van der Waals surface area (Å²) in [6.45, 7) is 11.6. The van der Waals surface area contributed by atoms with Crippen molar-refractivity contribution >= 4 is 17.6 Å². The number of rotatable bonds is 3. The molecule has 0 atom stereocenters. The van der Waals surface area contributed by atoms with E-state index in [2.05, 4.69) is 37.5 Å². The van der Waals surface area contributed by atoms with E-state index in [1.54, 1.807) is 4.90 Å². The number of para-hydroxylation sites is 1. The standard InChI is InChI=1S/C20H31N3O2/c1-14(2)21-19(25)23-12-10-15(11-13-23)18(24)22-17-9-7-6-8-16(17)20(3,4)5/h6-9,14-15H,10-13H2,1-5H3,(H,21,25)(H,22,24). The molecule has 5 nitrogen and oxygen atoms in total. The van der Waals surface area contributed by atoms with Crippen LogP contribution in [0.5, 0.6) is 0 Å². The van der Waals surface area contributed by atoms with Crippen molar-refractivity contribution in [1.82, 2.24) is 10.2 Å². The van der Waals surface area contributed by atoms with Crippen LogP contribution in [-0.4, -0.2) is 36.0 Å². The zero-order valence-electron chi connectivity index (χ0n) is 16.1. The number of anilines is 1. The lowest BCUT2D eigenvalue weighted by Crippen LogP contribution is -2.47. The minimum Gasteiger partial charge on any atom is -0.336 e. The third kappa shape index (κ3) is 5.21. The summed E-state index contributed by atoms with van der Waals surface area (Å²) < 4.78 is 0. The van der Waals surface area contributed by atoms with E-state index in [1.807, 2.05) is 32.0 Å². The van der Waals surface area contributed by atoms with Crippen LogP contribution in [0.3, 0.4) is 0 Å². The Morgan fingerprint density at radius 3 is 2.28 bits per heavy atom. The second-order valence-electron chi connectivity index (χ2n) is 8.15. The number of urea groups is 1. The quantitative estimate of drug-likeness (QED) is 0.876. The Bertz CT molecular complexity index is 612. The van der Waals surface area contributed by atoms with E-state index in [9.17, 15) is 9.59 Å². The summed E-state index contributed by atoms with van der Waals surface area (Å²) in [6, 6.07) is 8.07. The van der Waals surface area contributed by atoms with E-state index >= 15 is 0 Å². The van der Waals surface area contributed by atoms with Gasteiger partial charge in [-0.2, -0.15) is 0 Å². The summed E-state index contributed by atoms with van der Waals surface area (Å²) in [5.41, 5.74) is 2.00. The van der Waals surface area contributed by atoms with Crippen molar-refractivity contribution < 1.29 is 9.59 Å². The summed E-state index contributed by atoms with van der Waals surface area (Å²) in [5, 5.41) is 6.01. The van der Waals surface area contributed by atoms with Gasteiger partial charge in [-0.15, -0.1) is 0 Å². The van der Waals surface area contributed by atoms with Crippen LogP contribution in [-0.2, 0) is 10.2 Å². The molecule has 5 heteroatoms. The van der Waals surface area contributed by atoms with Gasteiger partial charge in [-0.05, 0) is 43.7 Å². The van der Waals surface area contributed by atoms with Crippen LogP contribution in [0.25, 0.3) is 0 Å². The molecule has 138 valence electrons. The number of hydrogen-bond acceptors (Lipinski definition) is 2. The number of nitrogens with one attached hydrogen (secondary N) is 2. The van der Waals surface area contributed by atoms with Crippen molar-refractivity contribution in [2.75, 3.05) is 18.4 Å². The molecule has 0 unspecified atom stereocenters. The van der Waals surface area contributed by atoms with Crippen molar-refractivity contribution in [3.8, 4) is 0 Å². The molecule has 0 radical (unpaired) electrons. The molecule has 2 N–H and O–H groups in total. The second-order valence-corrected chi connectivity index (χ2v) is 8.15. The van der Waals surface area contributed by atoms with E-state index in [1.165, 1.54) is 0 Å². The van der Waals surface area contributed by atoms with Gasteiger partial charge in [0.05, 0.1) is 0 Å². The molecule has 3 amide bonds. The highest BCUT2D eigenvalue weighted by Crippen LogP contribution is 2.30. The summed E-state index contributed by atoms with van der Waals surface area (Å²) in [5.74, 6) is 0.0109. The average Bonchev–Trinajstić information content (AvgIpc) is 2.54. The molecule has 0 spiro atoms. The Balaban J connectivity index is 1.95. The smallest absolute Gasteiger partial charge is 0.317 e. The van der Waals surface area contributed by atoms with Gasteiger partial charge in [0, 0.05) is 30.7 Å². The molecule has 1 aliphatic rings. The van der Waals surface area contributed by atoms with Crippen LogP contribution < -0.4 is 10.6 Å². The van der Waals surface area contributed by atoms with E-state index in [-0.39, 0.29) is 29.3 Å². The van der Waals surface area contributed by atoms with Gasteiger partial charge in [0.25, 0.3) is 0 Å². The molecule has 2 rings (SSSR count). The molecular formula is C20H31N3O2. The fourth-order valence-corrected chi connectivity index (χ4v) is 3.16. The summed E-state index contributed by atoms with van der Waals surface area (Å²) in [7, 11) is 0. The Morgan fingerprint density at radius 1 is 1.12 bits per heavy atom. The van der Waals surface area contributed by atoms with Gasteiger partial charge in [-0.1, -0.05) is 39.0 Å². The number of amides is 3. The molecule has 0 bridgehead atoms. The van der Waals surface area contributed by atoms with Crippen molar-refractivity contribution in [2.45, 2.75) is 58.9 Å². The number of carbonyl (C=O) groups excluding carboxylic acids is 2. The first-order chi connectivity index (χ1) is 11.7. The van der Waals surface area contributed by atoms with E-state index in [4.69, 9.17) is 0 Å². The molecule has 1 aromatic rings. The summed E-state index contributed by atoms with van der Waals surface area (Å²) in [4.78, 5) is 26.5. The predicted molar refractivity (Wildman–Crippen MR) is 102 cm³/mol. The Kier molecular flexibility index (Phi) is 6.09. The predicted octanol–water partition coefficient (Wildman–Crippen LogP) is 3.75. The molecule has 0 aliphatic carbocycles. The van der Waals surface area contributed by atoms with Crippen LogP contribution in [0, 0.1) is 5.92 Å². The minimum atomic E-state index is -0.0453. The minimum absolute atomic E-state index is 0.0256. The van der Waals surface area contributed by atoms with Crippen LogP contribution >= 0.6 is 0 Å². The molecule has 25 heavy (non-hydrogen) atoms. The highest BCUT2D eigenvalue weighted by atomic mass is 16.2. The van der Waals surface area contributed by atoms with E-state index in [0.29, 0.717) is 25.9 Å². The van der Waals surface area contributed by atoms with Crippen LogP contribution in [0.15, 0.2) is 24.3 Å². The molecular weight excluding hydrogens is 314 g/mol. The molecule has 1 saturated heterocycles. The van der Waals surface area contributed by atoms with Gasteiger partial charge >= 0.3 is 6.03 Å². The van der Waals surface area contributed by atoms with Gasteiger partial charge in [0.15, 0.2) is 0 Å². The first-order valence-corrected chi connectivity index (χ1v) is 9.14. The summed E-state index contributed by atoms with van der Waals surface area (Å²) >= 11 is 0. The second kappa shape index (κ2) is 7.89. The average molecular weight is 345 g/mol. The number of hydrogen-bond donors (Lipinski definition) is 2. The SMILES string of the molecule is CC(C)NC(=O)N1CCC(C(=O)Nc2ccccc2C(C)(C)C)CC1. The number of benzene rings is 1. The van der Waals surface area contributed by atoms with Crippen molar-refractivity contribution in [1.29, 1.82) is 0 Å². The maximum atomic E-state index is 12.7. The fraction of sp³-hybridized carbons (Fsp3) is 0.600. The lowest BCUT2D eigenvalue weighted by atomic mass is 9.85. The molecule has 1 aromatic carbocycles. The maximum absolute atomic E-state index is 12.7. The lowest BCUT2D eigenvalue weighted by molar-refractivity contribution is -0.121. The first-order valence-electron chi connectivity index (χ1n) is 9.14. The topological polar surface area (TPSA) is 61.4 Å². The van der Waals surface area contributed by atoms with Crippen molar-refractivity contribution in [3.05, 3.63) is 29.8 Å². The fourth-order valence-electron chi connectivity index (χ4n) is 3.16. The van der Waals surface area contributed by atoms with Crippen LogP contribution in [0.1, 0.15) is 53.0 Å². The largest absolute Gasteiger partial charge is 0.336 e. The van der Waals surface area contributed by atoms with Gasteiger partial charge < -0.3 is 15.5 Å². The maximum Gasteiger partial charge on any atom is 0.317 e. The number of likely N-dealkylation sites (tertiary alicyclic amines) is 1. The van der Waals surface area contributed by atoms with E-state index in [0.717, 1.165) is 11.3 Å². The number of piperidine rings is 1. The Hall–Kier alpha value is -2.04. The molecule has 1 heterocycles. The highest BCUT2D eigenvalue weighted by molar-refractivity contribution is 5.93. The van der Waals surface area contributed by atoms with Crippen molar-refractivity contribution in [2.24, 2.45) is 5.92 Å². The normalized spacial score (nSPS) is 16.0. The van der Waals surface area contributed by atoms with Gasteiger partial charge in [0.2, 0.25) is 5.91 Å². The molecule has 1 aliphatic heterocycles. The molecule has 1 fully saturated rings. The lowest BCUT2D eigenvalue weighted by Gasteiger charge is -2.32. The van der Waals surface area contributed by atoms with E-state index < -0.39 is 0 Å². The zero-order valence-corrected chi connectivity index (χ0v) is 16.1. The van der Waals surface area contributed by atoms with Crippen LogP contribution in [0.2, 0.25) is 0 Å². The van der Waals surface area contributed by atoms with Crippen molar-refractivity contribution in [3.63, 3.8) is 0 Å². The highest BCUT2D eigenvalue weighted by Gasteiger charge is 2.28. The number of carbonyl (C=O) groups is 2. The first kappa shape index (κ1) is 19.3. The Labute approximate surface area is 151 Å². The van der Waals surface area contributed by atoms with Crippen LogP contribution in [0.4, 0.5) is 10.5 Å². The summed E-state index contributed by atoms with van der Waals surface area (Å²) in [6.07, 6.45) is 1.41. The monoisotopic (exact) mass is 345 g/mol. The van der Waals surface area contributed by atoms with Gasteiger partial charge in [-0.25, -0.2) is 4.79 Å². The molecule has 0 aromatic heterocycles. The van der Waals surface area contributed by atoms with Gasteiger partial charge in [0.1, 0.15) is 0 Å². The molecule has 0 saturated carbocycles. The number of nitrogens with zero attached hydrogens (tertiary/aromatic N) is 1. The third-order valence-corrected chi connectivity index (χ3v) is 4.56.